The van der Waals surface area contributed by atoms with Crippen molar-refractivity contribution < 1.29 is 19.1 Å². The van der Waals surface area contributed by atoms with E-state index < -0.39 is 12.1 Å². The van der Waals surface area contributed by atoms with Crippen LogP contribution < -0.4 is 11.1 Å². The molecule has 0 unspecified atom stereocenters. The van der Waals surface area contributed by atoms with Gasteiger partial charge in [-0.05, 0) is 6.92 Å². The summed E-state index contributed by atoms with van der Waals surface area (Å²) < 4.78 is 9.18. The lowest BCUT2D eigenvalue weighted by Gasteiger charge is -2.03. The van der Waals surface area contributed by atoms with E-state index in [4.69, 9.17) is 5.73 Å². The van der Waals surface area contributed by atoms with Crippen molar-refractivity contribution in [1.29, 1.82) is 0 Å². The molecule has 0 saturated heterocycles. The number of nitrogens with one attached hydrogen (secondary N) is 1. The molecule has 0 saturated carbocycles. The monoisotopic (exact) mass is 202 g/mol. The fraction of sp³-hybridized carbons (Fsp3) is 0.500. The molecule has 0 fully saturated rings. The molecule has 80 valence electrons. The molecular weight excluding hydrogens is 188 g/mol. The zero-order valence-corrected chi connectivity index (χ0v) is 8.20. The molecule has 0 aromatic heterocycles. The summed E-state index contributed by atoms with van der Waals surface area (Å²) in [5.41, 5.74) is 5.49. The van der Waals surface area contributed by atoms with E-state index in [0.717, 1.165) is 6.08 Å². The quantitative estimate of drug-likeness (QED) is 0.484. The topological polar surface area (TPSA) is 90.7 Å². The van der Waals surface area contributed by atoms with Crippen molar-refractivity contribution in [2.24, 2.45) is 5.73 Å². The molecule has 6 heteroatoms. The van der Waals surface area contributed by atoms with Crippen LogP contribution in [-0.2, 0) is 14.3 Å². The highest BCUT2D eigenvalue weighted by atomic mass is 16.5. The molecule has 0 rings (SSSR count). The predicted molar refractivity (Wildman–Crippen MR) is 49.3 cm³/mol. The Labute approximate surface area is 82.0 Å². The van der Waals surface area contributed by atoms with Crippen molar-refractivity contribution in [3.05, 3.63) is 11.8 Å². The van der Waals surface area contributed by atoms with Gasteiger partial charge in [-0.15, -0.1) is 0 Å². The van der Waals surface area contributed by atoms with Crippen LogP contribution in [0, 0.1) is 0 Å². The number of hydrogen-bond donors (Lipinski definition) is 2. The molecule has 6 nitrogen and oxygen atoms in total. The number of carbonyl (C=O) groups excluding carboxylic acids is 2. The van der Waals surface area contributed by atoms with E-state index in [1.54, 1.807) is 6.92 Å². The first-order chi connectivity index (χ1) is 6.60. The average molecular weight is 202 g/mol. The zero-order valence-electron chi connectivity index (χ0n) is 8.20. The Kier molecular flexibility index (Phi) is 5.93. The Morgan fingerprint density at radius 1 is 1.43 bits per heavy atom. The van der Waals surface area contributed by atoms with Crippen LogP contribution in [0.4, 0.5) is 4.79 Å². The van der Waals surface area contributed by atoms with Gasteiger partial charge in [-0.2, -0.15) is 0 Å². The lowest BCUT2D eigenvalue weighted by Crippen LogP contribution is -2.22. The predicted octanol–water partition coefficient (Wildman–Crippen LogP) is -0.252. The Balaban J connectivity index is 3.88. The van der Waals surface area contributed by atoms with E-state index in [2.05, 4.69) is 14.8 Å². The second kappa shape index (κ2) is 6.76. The lowest BCUT2D eigenvalue weighted by atomic mass is 10.4. The van der Waals surface area contributed by atoms with Gasteiger partial charge in [0.25, 0.3) is 0 Å². The van der Waals surface area contributed by atoms with Gasteiger partial charge >= 0.3 is 12.1 Å². The molecule has 0 aliphatic rings. The second-order valence-corrected chi connectivity index (χ2v) is 2.30. The summed E-state index contributed by atoms with van der Waals surface area (Å²) in [5.74, 6) is -0.550. The van der Waals surface area contributed by atoms with E-state index in [1.165, 1.54) is 7.05 Å². The third-order valence-corrected chi connectivity index (χ3v) is 1.16. The summed E-state index contributed by atoms with van der Waals surface area (Å²) in [6.45, 7) is 1.82. The first-order valence-electron chi connectivity index (χ1n) is 4.07. The molecular formula is C8H14N2O4. The van der Waals surface area contributed by atoms with Crippen molar-refractivity contribution in [1.82, 2.24) is 5.32 Å². The Bertz CT molecular complexity index is 237. The fourth-order valence-corrected chi connectivity index (χ4v) is 0.598. The van der Waals surface area contributed by atoms with Gasteiger partial charge in [0.15, 0.2) is 0 Å². The van der Waals surface area contributed by atoms with Crippen molar-refractivity contribution in [2.75, 3.05) is 20.3 Å². The van der Waals surface area contributed by atoms with E-state index in [1.807, 2.05) is 0 Å². The second-order valence-electron chi connectivity index (χ2n) is 2.30. The third-order valence-electron chi connectivity index (χ3n) is 1.16. The van der Waals surface area contributed by atoms with Gasteiger partial charge in [0.05, 0.1) is 12.3 Å². The summed E-state index contributed by atoms with van der Waals surface area (Å²) in [6, 6.07) is 0. The fourth-order valence-electron chi connectivity index (χ4n) is 0.598. The van der Waals surface area contributed by atoms with E-state index >= 15 is 0 Å². The number of nitrogens with two attached hydrogens (primary N) is 1. The molecule has 0 radical (unpaired) electrons. The van der Waals surface area contributed by atoms with Crippen LogP contribution >= 0.6 is 0 Å². The smallest absolute Gasteiger partial charge is 0.407 e. The molecule has 14 heavy (non-hydrogen) atoms. The molecule has 0 aliphatic carbocycles. The minimum absolute atomic E-state index is 0.132. The number of carbonyl (C=O) groups is 2. The molecule has 1 amide bonds. The van der Waals surface area contributed by atoms with Crippen LogP contribution in [0.2, 0.25) is 0 Å². The van der Waals surface area contributed by atoms with Crippen LogP contribution in [0.25, 0.3) is 0 Å². The van der Waals surface area contributed by atoms with Gasteiger partial charge < -0.3 is 20.5 Å². The highest BCUT2D eigenvalue weighted by Gasteiger charge is 2.01. The van der Waals surface area contributed by atoms with E-state index in [0.29, 0.717) is 0 Å². The summed E-state index contributed by atoms with van der Waals surface area (Å²) in [6.07, 6.45) is 0.470. The van der Waals surface area contributed by atoms with Gasteiger partial charge in [0.1, 0.15) is 6.61 Å². The summed E-state index contributed by atoms with van der Waals surface area (Å²) >= 11 is 0. The highest BCUT2D eigenvalue weighted by Crippen LogP contribution is 1.89. The molecule has 0 heterocycles. The van der Waals surface area contributed by atoms with Crippen molar-refractivity contribution >= 4 is 12.1 Å². The summed E-state index contributed by atoms with van der Waals surface area (Å²) in [5, 5.41) is 2.24. The number of alkyl carbamates (subject to hydrolysis) is 1. The Morgan fingerprint density at radius 2 is 2.07 bits per heavy atom. The van der Waals surface area contributed by atoms with Gasteiger partial charge in [-0.3, -0.25) is 0 Å². The summed E-state index contributed by atoms with van der Waals surface area (Å²) in [4.78, 5) is 21.4. The van der Waals surface area contributed by atoms with Crippen LogP contribution in [0.5, 0.6) is 0 Å². The molecule has 0 bridgehead atoms. The molecule has 0 spiro atoms. The number of esters is 1. The zero-order chi connectivity index (χ0) is 11.0. The van der Waals surface area contributed by atoms with E-state index in [9.17, 15) is 9.59 Å². The van der Waals surface area contributed by atoms with Gasteiger partial charge in [0, 0.05) is 13.1 Å². The van der Waals surface area contributed by atoms with E-state index in [-0.39, 0.29) is 18.9 Å². The van der Waals surface area contributed by atoms with Crippen molar-refractivity contribution in [2.45, 2.75) is 6.92 Å². The van der Waals surface area contributed by atoms with Crippen LogP contribution in [0.3, 0.4) is 0 Å². The van der Waals surface area contributed by atoms with Crippen LogP contribution in [-0.4, -0.2) is 32.3 Å². The molecule has 0 aromatic carbocycles. The third kappa shape index (κ3) is 5.87. The maximum atomic E-state index is 10.8. The first kappa shape index (κ1) is 12.3. The SMILES string of the molecule is CCOC(=O)C=C(N)COC(=O)NC. The molecule has 0 aliphatic heterocycles. The minimum Gasteiger partial charge on any atom is -0.463 e. The van der Waals surface area contributed by atoms with Crippen LogP contribution in [0.15, 0.2) is 11.8 Å². The largest absolute Gasteiger partial charge is 0.463 e. The minimum atomic E-state index is -0.606. The van der Waals surface area contributed by atoms with Crippen LogP contribution in [0.1, 0.15) is 6.92 Å². The number of hydrogen-bond acceptors (Lipinski definition) is 5. The lowest BCUT2D eigenvalue weighted by molar-refractivity contribution is -0.137. The first-order valence-corrected chi connectivity index (χ1v) is 4.07. The summed E-state index contributed by atoms with van der Waals surface area (Å²) in [7, 11) is 1.42. The van der Waals surface area contributed by atoms with Crippen molar-refractivity contribution in [3.8, 4) is 0 Å². The average Bonchev–Trinajstić information content (AvgIpc) is 2.14. The maximum absolute atomic E-state index is 10.8. The number of ether oxygens (including phenoxy) is 2. The molecule has 3 N–H and O–H groups in total. The number of rotatable bonds is 4. The van der Waals surface area contributed by atoms with Gasteiger partial charge in [-0.25, -0.2) is 9.59 Å². The highest BCUT2D eigenvalue weighted by molar-refractivity contribution is 5.82. The van der Waals surface area contributed by atoms with Gasteiger partial charge in [0.2, 0.25) is 0 Å². The maximum Gasteiger partial charge on any atom is 0.407 e. The van der Waals surface area contributed by atoms with Gasteiger partial charge in [-0.1, -0.05) is 0 Å². The normalized spacial score (nSPS) is 10.6. The Hall–Kier alpha value is -1.72. The molecule has 0 atom stereocenters. The Morgan fingerprint density at radius 3 is 2.57 bits per heavy atom. The standard InChI is InChI=1S/C8H14N2O4/c1-3-13-7(11)4-6(9)5-14-8(12)10-2/h4H,3,5,9H2,1-2H3,(H,10,12). The molecule has 0 aromatic rings. The number of amides is 1. The van der Waals surface area contributed by atoms with Crippen molar-refractivity contribution in [3.63, 3.8) is 0 Å².